The highest BCUT2D eigenvalue weighted by Crippen LogP contribution is 2.36. The van der Waals surface area contributed by atoms with Gasteiger partial charge < -0.3 is 9.47 Å². The molecule has 0 spiro atoms. The van der Waals surface area contributed by atoms with E-state index in [9.17, 15) is 4.79 Å². The summed E-state index contributed by atoms with van der Waals surface area (Å²) in [6.45, 7) is 4.94. The molecule has 0 bridgehead atoms. The summed E-state index contributed by atoms with van der Waals surface area (Å²) < 4.78 is 10.2. The molecule has 0 aliphatic carbocycles. The van der Waals surface area contributed by atoms with Crippen molar-refractivity contribution in [3.05, 3.63) is 12.2 Å². The molecule has 1 rings (SSSR count). The average Bonchev–Trinajstić information content (AvgIpc) is 3.16. The summed E-state index contributed by atoms with van der Waals surface area (Å²) in [5.41, 5.74) is -0.439. The Morgan fingerprint density at radius 3 is 2.71 bits per heavy atom. The van der Waals surface area contributed by atoms with Crippen LogP contribution in [0.3, 0.4) is 0 Å². The zero-order chi connectivity index (χ0) is 12.7. The molecule has 0 saturated carbocycles. The summed E-state index contributed by atoms with van der Waals surface area (Å²) in [6.07, 6.45) is 9.12. The third-order valence-electron chi connectivity index (χ3n) is 3.37. The van der Waals surface area contributed by atoms with E-state index in [1.807, 2.05) is 19.1 Å². The topological polar surface area (TPSA) is 38.8 Å². The maximum atomic E-state index is 12.0. The molecule has 0 radical (unpaired) electrons. The molecule has 17 heavy (non-hydrogen) atoms. The van der Waals surface area contributed by atoms with Gasteiger partial charge in [-0.15, -0.1) is 0 Å². The molecule has 2 atom stereocenters. The highest BCUT2D eigenvalue weighted by atomic mass is 16.6. The van der Waals surface area contributed by atoms with Gasteiger partial charge in [0.25, 0.3) is 0 Å². The van der Waals surface area contributed by atoms with Gasteiger partial charge in [0.15, 0.2) is 0 Å². The Morgan fingerprint density at radius 2 is 2.24 bits per heavy atom. The minimum absolute atomic E-state index is 0.107. The van der Waals surface area contributed by atoms with E-state index in [0.29, 0.717) is 6.10 Å². The molecule has 1 aliphatic heterocycles. The van der Waals surface area contributed by atoms with E-state index >= 15 is 0 Å². The molecule has 1 heterocycles. The minimum atomic E-state index is -0.439. The van der Waals surface area contributed by atoms with Crippen molar-refractivity contribution in [1.29, 1.82) is 0 Å². The average molecular weight is 240 g/mol. The first kappa shape index (κ1) is 14.2. The predicted molar refractivity (Wildman–Crippen MR) is 67.8 cm³/mol. The van der Waals surface area contributed by atoms with E-state index in [4.69, 9.17) is 9.47 Å². The highest BCUT2D eigenvalue weighted by molar-refractivity contribution is 5.79. The number of ether oxygens (including phenoxy) is 2. The Bertz CT molecular complexity index is 269. The molecule has 1 aliphatic rings. The Kier molecular flexibility index (Phi) is 5.69. The van der Waals surface area contributed by atoms with E-state index in [1.54, 1.807) is 0 Å². The van der Waals surface area contributed by atoms with Crippen LogP contribution in [0.5, 0.6) is 0 Å². The summed E-state index contributed by atoms with van der Waals surface area (Å²) in [4.78, 5) is 12.0. The number of carbonyl (C=O) groups is 1. The molecule has 2 unspecified atom stereocenters. The van der Waals surface area contributed by atoms with Crippen LogP contribution in [0.1, 0.15) is 46.0 Å². The minimum Gasteiger partial charge on any atom is -0.468 e. The van der Waals surface area contributed by atoms with Crippen LogP contribution in [0.15, 0.2) is 12.2 Å². The summed E-state index contributed by atoms with van der Waals surface area (Å²) in [7, 11) is 1.47. The fraction of sp³-hybridized carbons (Fsp3) is 0.786. The number of epoxide rings is 1. The van der Waals surface area contributed by atoms with Gasteiger partial charge in [0.05, 0.1) is 25.2 Å². The van der Waals surface area contributed by atoms with Gasteiger partial charge in [-0.2, -0.15) is 0 Å². The Labute approximate surface area is 104 Å². The van der Waals surface area contributed by atoms with Crippen molar-refractivity contribution < 1.29 is 14.3 Å². The maximum absolute atomic E-state index is 12.0. The van der Waals surface area contributed by atoms with Crippen molar-refractivity contribution in [2.75, 3.05) is 13.7 Å². The van der Waals surface area contributed by atoms with E-state index < -0.39 is 5.41 Å². The number of rotatable bonds is 8. The van der Waals surface area contributed by atoms with Gasteiger partial charge in [0.2, 0.25) is 0 Å². The lowest BCUT2D eigenvalue weighted by atomic mass is 9.78. The summed E-state index contributed by atoms with van der Waals surface area (Å²) >= 11 is 0. The van der Waals surface area contributed by atoms with Crippen molar-refractivity contribution in [1.82, 2.24) is 0 Å². The van der Waals surface area contributed by atoms with Crippen LogP contribution < -0.4 is 0 Å². The fourth-order valence-corrected chi connectivity index (χ4v) is 2.23. The highest BCUT2D eigenvalue weighted by Gasteiger charge is 2.38. The van der Waals surface area contributed by atoms with Crippen LogP contribution in [0.4, 0.5) is 0 Å². The van der Waals surface area contributed by atoms with Crippen molar-refractivity contribution in [3.8, 4) is 0 Å². The molecular formula is C14H24O3. The normalized spacial score (nSPS) is 22.4. The second-order valence-electron chi connectivity index (χ2n) is 4.75. The number of unbranched alkanes of at least 4 members (excludes halogenated alkanes) is 1. The lowest BCUT2D eigenvalue weighted by molar-refractivity contribution is -0.150. The van der Waals surface area contributed by atoms with Crippen molar-refractivity contribution in [2.24, 2.45) is 5.41 Å². The Hall–Kier alpha value is -0.830. The monoisotopic (exact) mass is 240 g/mol. The summed E-state index contributed by atoms with van der Waals surface area (Å²) in [6, 6.07) is 0. The van der Waals surface area contributed by atoms with E-state index in [0.717, 1.165) is 38.7 Å². The lowest BCUT2D eigenvalue weighted by Crippen LogP contribution is -2.31. The largest absolute Gasteiger partial charge is 0.468 e. The van der Waals surface area contributed by atoms with E-state index in [1.165, 1.54) is 7.11 Å². The number of hydrogen-bond donors (Lipinski definition) is 0. The SMILES string of the molecule is CC=CC(CCCC)(CCC1CO1)C(=O)OC. The van der Waals surface area contributed by atoms with Gasteiger partial charge in [-0.1, -0.05) is 31.9 Å². The Morgan fingerprint density at radius 1 is 1.53 bits per heavy atom. The van der Waals surface area contributed by atoms with Crippen LogP contribution >= 0.6 is 0 Å². The molecule has 1 saturated heterocycles. The summed E-state index contributed by atoms with van der Waals surface area (Å²) in [5.74, 6) is -0.107. The third-order valence-corrected chi connectivity index (χ3v) is 3.37. The molecule has 98 valence electrons. The van der Waals surface area contributed by atoms with E-state index in [-0.39, 0.29) is 5.97 Å². The fourth-order valence-electron chi connectivity index (χ4n) is 2.23. The van der Waals surface area contributed by atoms with Crippen LogP contribution in [0, 0.1) is 5.41 Å². The van der Waals surface area contributed by atoms with Crippen molar-refractivity contribution in [2.45, 2.75) is 52.1 Å². The zero-order valence-electron chi connectivity index (χ0n) is 11.2. The van der Waals surface area contributed by atoms with Crippen molar-refractivity contribution in [3.63, 3.8) is 0 Å². The molecule has 0 aromatic rings. The van der Waals surface area contributed by atoms with Gasteiger partial charge in [0.1, 0.15) is 0 Å². The quantitative estimate of drug-likeness (QED) is 0.372. The number of methoxy groups -OCH3 is 1. The smallest absolute Gasteiger partial charge is 0.315 e. The molecule has 0 N–H and O–H groups in total. The zero-order valence-corrected chi connectivity index (χ0v) is 11.2. The number of carbonyl (C=O) groups excluding carboxylic acids is 1. The lowest BCUT2D eigenvalue weighted by Gasteiger charge is -2.27. The molecular weight excluding hydrogens is 216 g/mol. The van der Waals surface area contributed by atoms with Gasteiger partial charge >= 0.3 is 5.97 Å². The molecule has 3 nitrogen and oxygen atoms in total. The number of allylic oxidation sites excluding steroid dienone is 1. The van der Waals surface area contributed by atoms with Crippen LogP contribution in [-0.2, 0) is 14.3 Å². The van der Waals surface area contributed by atoms with E-state index in [2.05, 4.69) is 6.92 Å². The first-order valence-corrected chi connectivity index (χ1v) is 6.52. The molecule has 0 aromatic carbocycles. The molecule has 3 heteroatoms. The number of esters is 1. The van der Waals surface area contributed by atoms with Crippen LogP contribution in [-0.4, -0.2) is 25.8 Å². The molecule has 0 amide bonds. The van der Waals surface area contributed by atoms with Crippen LogP contribution in [0.2, 0.25) is 0 Å². The van der Waals surface area contributed by atoms with Crippen LogP contribution in [0.25, 0.3) is 0 Å². The maximum Gasteiger partial charge on any atom is 0.315 e. The first-order valence-electron chi connectivity index (χ1n) is 6.52. The second-order valence-corrected chi connectivity index (χ2v) is 4.75. The third kappa shape index (κ3) is 4.15. The second kappa shape index (κ2) is 6.80. The first-order chi connectivity index (χ1) is 8.18. The molecule has 1 fully saturated rings. The summed E-state index contributed by atoms with van der Waals surface area (Å²) in [5, 5.41) is 0. The standard InChI is InChI=1S/C14H24O3/c1-4-6-9-14(8-5-2,13(15)16-3)10-7-12-11-17-12/h5,8,12H,4,6-7,9-11H2,1-3H3. The van der Waals surface area contributed by atoms with Crippen molar-refractivity contribution >= 4 is 5.97 Å². The van der Waals surface area contributed by atoms with Gasteiger partial charge in [0, 0.05) is 0 Å². The Balaban J connectivity index is 2.70. The predicted octanol–water partition coefficient (Wildman–Crippen LogP) is 3.09. The molecule has 0 aromatic heterocycles. The van der Waals surface area contributed by atoms with Gasteiger partial charge in [-0.25, -0.2) is 0 Å². The van der Waals surface area contributed by atoms with Gasteiger partial charge in [-0.05, 0) is 26.2 Å². The number of hydrogen-bond acceptors (Lipinski definition) is 3. The van der Waals surface area contributed by atoms with Gasteiger partial charge in [-0.3, -0.25) is 4.79 Å².